The van der Waals surface area contributed by atoms with Gasteiger partial charge in [0.05, 0.1) is 28.8 Å². The largest absolute Gasteiger partial charge is 0.462 e. The van der Waals surface area contributed by atoms with Gasteiger partial charge in [-0.1, -0.05) is 68.9 Å². The number of nitrogens with one attached hydrogen (secondary N) is 1. The average Bonchev–Trinajstić information content (AvgIpc) is 3.45. The van der Waals surface area contributed by atoms with E-state index in [4.69, 9.17) is 4.74 Å². The highest BCUT2D eigenvalue weighted by molar-refractivity contribution is 9.10. The molecule has 1 saturated heterocycles. The van der Waals surface area contributed by atoms with Gasteiger partial charge in [-0.2, -0.15) is 0 Å². The van der Waals surface area contributed by atoms with Crippen molar-refractivity contribution < 1.29 is 23.9 Å². The van der Waals surface area contributed by atoms with Gasteiger partial charge in [-0.25, -0.2) is 9.69 Å². The molecule has 0 spiro atoms. The Labute approximate surface area is 269 Å². The van der Waals surface area contributed by atoms with E-state index in [1.54, 1.807) is 43.3 Å². The van der Waals surface area contributed by atoms with Crippen LogP contribution in [0.4, 0.5) is 11.4 Å². The number of halogens is 1. The number of imide groups is 1. The summed E-state index contributed by atoms with van der Waals surface area (Å²) in [5.41, 5.74) is 3.12. The third kappa shape index (κ3) is 5.53. The standard InChI is InChI=1S/C32H26BrN3O6S2/c1-3-42-31(40)19-8-12-21(13-9-19)34-23(37)16-35-30-27(44-32(35)41)24(18-6-10-20(33)11-7-18)25-26(43-30)29(39)36(28(25)38)22-14-4-17(2)5-15-22/h4-15,24-26H,3,16H2,1-2H3,(H,34,37). The predicted molar refractivity (Wildman–Crippen MR) is 172 cm³/mol. The van der Waals surface area contributed by atoms with Crippen molar-refractivity contribution in [3.05, 3.63) is 109 Å². The second kappa shape index (κ2) is 12.2. The Hall–Kier alpha value is -4.00. The second-order valence-corrected chi connectivity index (χ2v) is 13.4. The van der Waals surface area contributed by atoms with Crippen molar-refractivity contribution in [3.63, 3.8) is 0 Å². The number of fused-ring (bicyclic) bond motifs is 2. The molecule has 4 aromatic rings. The van der Waals surface area contributed by atoms with Crippen LogP contribution in [0, 0.1) is 12.8 Å². The molecule has 3 amide bonds. The molecule has 3 unspecified atom stereocenters. The third-order valence-electron chi connectivity index (χ3n) is 7.55. The van der Waals surface area contributed by atoms with Gasteiger partial charge in [0.25, 0.3) is 0 Å². The Morgan fingerprint density at radius 1 is 0.932 bits per heavy atom. The number of esters is 1. The molecule has 1 N–H and O–H groups in total. The number of nitrogens with zero attached hydrogens (tertiary/aromatic N) is 2. The molecule has 1 aromatic heterocycles. The highest BCUT2D eigenvalue weighted by atomic mass is 79.9. The van der Waals surface area contributed by atoms with Crippen LogP contribution in [0.5, 0.6) is 0 Å². The lowest BCUT2D eigenvalue weighted by Gasteiger charge is -2.30. The number of carbonyl (C=O) groups excluding carboxylic acids is 4. The quantitative estimate of drug-likeness (QED) is 0.198. The minimum absolute atomic E-state index is 0.253. The van der Waals surface area contributed by atoms with Gasteiger partial charge < -0.3 is 10.1 Å². The van der Waals surface area contributed by atoms with Crippen molar-refractivity contribution in [2.75, 3.05) is 16.8 Å². The molecule has 3 aromatic carbocycles. The van der Waals surface area contributed by atoms with Gasteiger partial charge in [-0.15, -0.1) is 0 Å². The number of benzene rings is 3. The molecule has 6 rings (SSSR count). The van der Waals surface area contributed by atoms with E-state index in [1.165, 1.54) is 21.2 Å². The molecule has 2 aliphatic rings. The zero-order chi connectivity index (χ0) is 31.1. The summed E-state index contributed by atoms with van der Waals surface area (Å²) in [5, 5.41) is 2.50. The van der Waals surface area contributed by atoms with E-state index in [-0.39, 0.29) is 29.8 Å². The molecular formula is C32H26BrN3O6S2. The molecule has 44 heavy (non-hydrogen) atoms. The van der Waals surface area contributed by atoms with Crippen LogP contribution >= 0.6 is 39.0 Å². The Morgan fingerprint density at radius 3 is 2.27 bits per heavy atom. The van der Waals surface area contributed by atoms with Crippen LogP contribution in [0.25, 0.3) is 0 Å². The van der Waals surface area contributed by atoms with E-state index in [2.05, 4.69) is 21.2 Å². The number of aryl methyl sites for hydroxylation is 1. The number of anilines is 2. The lowest BCUT2D eigenvalue weighted by Crippen LogP contribution is -2.33. The summed E-state index contributed by atoms with van der Waals surface area (Å²) >= 11 is 5.62. The molecule has 0 saturated carbocycles. The lowest BCUT2D eigenvalue weighted by molar-refractivity contribution is -0.122. The third-order valence-corrected chi connectivity index (χ3v) is 10.7. The fourth-order valence-electron chi connectivity index (χ4n) is 5.48. The van der Waals surface area contributed by atoms with Crippen molar-refractivity contribution >= 4 is 74.1 Å². The lowest BCUT2D eigenvalue weighted by atomic mass is 9.83. The van der Waals surface area contributed by atoms with Gasteiger partial charge in [0.15, 0.2) is 0 Å². The number of amides is 3. The summed E-state index contributed by atoms with van der Waals surface area (Å²) in [6.07, 6.45) is 0. The summed E-state index contributed by atoms with van der Waals surface area (Å²) in [6, 6.07) is 21.0. The maximum Gasteiger partial charge on any atom is 0.338 e. The Morgan fingerprint density at radius 2 is 1.61 bits per heavy atom. The monoisotopic (exact) mass is 691 g/mol. The van der Waals surface area contributed by atoms with Crippen LogP contribution in [0.1, 0.15) is 39.2 Å². The van der Waals surface area contributed by atoms with Gasteiger partial charge in [0, 0.05) is 21.0 Å². The molecule has 0 radical (unpaired) electrons. The van der Waals surface area contributed by atoms with Gasteiger partial charge in [0.1, 0.15) is 11.8 Å². The topological polar surface area (TPSA) is 115 Å². The van der Waals surface area contributed by atoms with Gasteiger partial charge in [-0.05, 0) is 67.9 Å². The molecule has 3 atom stereocenters. The smallest absolute Gasteiger partial charge is 0.338 e. The Kier molecular flexibility index (Phi) is 8.32. The molecule has 0 aliphatic carbocycles. The summed E-state index contributed by atoms with van der Waals surface area (Å²) in [4.78, 5) is 67.8. The van der Waals surface area contributed by atoms with Crippen molar-refractivity contribution in [3.8, 4) is 0 Å². The van der Waals surface area contributed by atoms with Crippen molar-refractivity contribution in [2.45, 2.75) is 36.6 Å². The van der Waals surface area contributed by atoms with E-state index in [9.17, 15) is 24.0 Å². The van der Waals surface area contributed by atoms with E-state index in [0.29, 0.717) is 26.8 Å². The Balaban J connectivity index is 1.33. The van der Waals surface area contributed by atoms with E-state index in [1.807, 2.05) is 43.3 Å². The van der Waals surface area contributed by atoms with Gasteiger partial charge in [0.2, 0.25) is 17.7 Å². The number of thiazole rings is 1. The number of aromatic nitrogens is 1. The molecular weight excluding hydrogens is 666 g/mol. The average molecular weight is 693 g/mol. The number of hydrogen-bond donors (Lipinski definition) is 1. The molecule has 3 heterocycles. The van der Waals surface area contributed by atoms with Crippen LogP contribution in [0.15, 0.2) is 87.1 Å². The van der Waals surface area contributed by atoms with Crippen LogP contribution in [-0.4, -0.2) is 40.1 Å². The number of carbonyl (C=O) groups is 4. The van der Waals surface area contributed by atoms with Crippen LogP contribution in [0.2, 0.25) is 0 Å². The molecule has 1 fully saturated rings. The molecule has 12 heteroatoms. The summed E-state index contributed by atoms with van der Waals surface area (Å²) < 4.78 is 7.23. The highest BCUT2D eigenvalue weighted by Crippen LogP contribution is 2.54. The number of thioether (sulfide) groups is 1. The first-order valence-corrected chi connectivity index (χ1v) is 16.3. The Bertz CT molecular complexity index is 1830. The first-order valence-electron chi connectivity index (χ1n) is 13.8. The molecule has 9 nitrogen and oxygen atoms in total. The van der Waals surface area contributed by atoms with Gasteiger partial charge >= 0.3 is 10.8 Å². The first-order chi connectivity index (χ1) is 21.2. The van der Waals surface area contributed by atoms with Crippen LogP contribution in [0.3, 0.4) is 0 Å². The highest BCUT2D eigenvalue weighted by Gasteiger charge is 2.56. The van der Waals surface area contributed by atoms with Crippen LogP contribution < -0.4 is 15.1 Å². The number of ether oxygens (including phenoxy) is 1. The zero-order valence-corrected chi connectivity index (χ0v) is 26.8. The predicted octanol–water partition coefficient (Wildman–Crippen LogP) is 5.59. The maximum absolute atomic E-state index is 14.0. The molecule has 2 aliphatic heterocycles. The van der Waals surface area contributed by atoms with Crippen molar-refractivity contribution in [1.82, 2.24) is 4.57 Å². The maximum atomic E-state index is 14.0. The summed E-state index contributed by atoms with van der Waals surface area (Å²) in [6.45, 7) is 3.62. The summed E-state index contributed by atoms with van der Waals surface area (Å²) in [7, 11) is 0. The van der Waals surface area contributed by atoms with Crippen molar-refractivity contribution in [2.24, 2.45) is 5.92 Å². The van der Waals surface area contributed by atoms with Crippen molar-refractivity contribution in [1.29, 1.82) is 0 Å². The normalized spacial score (nSPS) is 19.0. The van der Waals surface area contributed by atoms with Gasteiger partial charge in [-0.3, -0.25) is 23.7 Å². The van der Waals surface area contributed by atoms with E-state index < -0.39 is 29.0 Å². The molecule has 0 bridgehead atoms. The van der Waals surface area contributed by atoms with E-state index >= 15 is 0 Å². The SMILES string of the molecule is CCOC(=O)c1ccc(NC(=O)Cn2c3c(sc2=O)C(c2ccc(Br)cc2)C2C(=O)N(c4ccc(C)cc4)C(=O)C2S3)cc1. The van der Waals surface area contributed by atoms with E-state index in [0.717, 1.165) is 26.9 Å². The minimum Gasteiger partial charge on any atom is -0.462 e. The van der Waals surface area contributed by atoms with Crippen LogP contribution in [-0.2, 0) is 25.7 Å². The minimum atomic E-state index is -0.774. The number of hydrogen-bond acceptors (Lipinski definition) is 8. The molecule has 224 valence electrons. The first kappa shape index (κ1) is 30.0. The fourth-order valence-corrected chi connectivity index (χ4v) is 8.52. The number of rotatable bonds is 7. The summed E-state index contributed by atoms with van der Waals surface area (Å²) in [5.74, 6) is -2.84. The fraction of sp³-hybridized carbons (Fsp3) is 0.219. The zero-order valence-electron chi connectivity index (χ0n) is 23.6. The second-order valence-electron chi connectivity index (χ2n) is 10.4.